The molecule has 1 atom stereocenters. The predicted octanol–water partition coefficient (Wildman–Crippen LogP) is 6.07. The summed E-state index contributed by atoms with van der Waals surface area (Å²) in [6.07, 6.45) is 2.88. The van der Waals surface area contributed by atoms with Crippen LogP contribution in [0.4, 0.5) is 4.39 Å². The van der Waals surface area contributed by atoms with Crippen molar-refractivity contribution in [3.8, 4) is 16.9 Å². The monoisotopic (exact) mass is 476 g/mol. The van der Waals surface area contributed by atoms with Crippen molar-refractivity contribution < 1.29 is 13.7 Å². The van der Waals surface area contributed by atoms with E-state index in [9.17, 15) is 4.39 Å². The Morgan fingerprint density at radius 2 is 1.91 bits per heavy atom. The Balaban J connectivity index is 1.56. The van der Waals surface area contributed by atoms with Gasteiger partial charge in [0.15, 0.2) is 11.6 Å². The summed E-state index contributed by atoms with van der Waals surface area (Å²) in [6, 6.07) is 12.1. The number of piperidine rings is 1. The molecule has 0 radical (unpaired) electrons. The third-order valence-corrected chi connectivity index (χ3v) is 7.29. The molecular formula is C28H33FN4O2. The summed E-state index contributed by atoms with van der Waals surface area (Å²) in [7, 11) is 3.67. The largest absolute Gasteiger partial charge is 0.494 e. The summed E-state index contributed by atoms with van der Waals surface area (Å²) in [5.74, 6) is 1.93. The van der Waals surface area contributed by atoms with Crippen LogP contribution >= 0.6 is 0 Å². The molecule has 1 fully saturated rings. The topological polar surface area (TPSA) is 56.3 Å². The number of fused-ring (bicyclic) bond motifs is 1. The SMILES string of the molecule is COc1ccc(CC(C)c2nc3cc(-c4c(C)noc4C)ccc3n2C2CCN(C)CC2)cc1F. The number of rotatable bonds is 6. The van der Waals surface area contributed by atoms with E-state index in [1.165, 1.54) is 7.11 Å². The van der Waals surface area contributed by atoms with Crippen LogP contribution in [0.25, 0.3) is 22.2 Å². The van der Waals surface area contributed by atoms with E-state index in [-0.39, 0.29) is 17.5 Å². The molecule has 1 unspecified atom stereocenters. The van der Waals surface area contributed by atoms with Crippen LogP contribution in [0.2, 0.25) is 0 Å². The minimum Gasteiger partial charge on any atom is -0.494 e. The zero-order chi connectivity index (χ0) is 24.7. The van der Waals surface area contributed by atoms with Gasteiger partial charge in [-0.1, -0.05) is 24.2 Å². The van der Waals surface area contributed by atoms with E-state index in [1.807, 2.05) is 19.9 Å². The molecule has 1 saturated heterocycles. The molecular weight excluding hydrogens is 443 g/mol. The molecule has 1 aliphatic rings. The predicted molar refractivity (Wildman–Crippen MR) is 136 cm³/mol. The first kappa shape index (κ1) is 23.5. The summed E-state index contributed by atoms with van der Waals surface area (Å²) >= 11 is 0. The van der Waals surface area contributed by atoms with E-state index in [2.05, 4.69) is 46.8 Å². The van der Waals surface area contributed by atoms with Crippen LogP contribution in [-0.4, -0.2) is 46.9 Å². The van der Waals surface area contributed by atoms with Crippen molar-refractivity contribution in [3.05, 3.63) is 65.1 Å². The summed E-state index contributed by atoms with van der Waals surface area (Å²) in [5, 5.41) is 4.13. The van der Waals surface area contributed by atoms with Crippen LogP contribution in [0.1, 0.15) is 54.6 Å². The lowest BCUT2D eigenvalue weighted by atomic mass is 9.98. The van der Waals surface area contributed by atoms with Crippen molar-refractivity contribution in [2.24, 2.45) is 0 Å². The number of methoxy groups -OCH3 is 1. The molecule has 35 heavy (non-hydrogen) atoms. The van der Waals surface area contributed by atoms with Crippen molar-refractivity contribution in [1.29, 1.82) is 0 Å². The van der Waals surface area contributed by atoms with Gasteiger partial charge in [-0.15, -0.1) is 0 Å². The van der Waals surface area contributed by atoms with Gasteiger partial charge in [-0.3, -0.25) is 0 Å². The quantitative estimate of drug-likeness (QED) is 0.338. The normalized spacial score (nSPS) is 16.2. The Morgan fingerprint density at radius 1 is 1.14 bits per heavy atom. The number of aromatic nitrogens is 3. The first-order chi connectivity index (χ1) is 16.9. The third kappa shape index (κ3) is 4.45. The van der Waals surface area contributed by atoms with Gasteiger partial charge >= 0.3 is 0 Å². The molecule has 0 amide bonds. The highest BCUT2D eigenvalue weighted by molar-refractivity contribution is 5.84. The van der Waals surface area contributed by atoms with Crippen molar-refractivity contribution in [1.82, 2.24) is 19.6 Å². The number of halogens is 1. The third-order valence-electron chi connectivity index (χ3n) is 7.29. The Hall–Kier alpha value is -3.19. The van der Waals surface area contributed by atoms with Gasteiger partial charge in [0.25, 0.3) is 0 Å². The fourth-order valence-electron chi connectivity index (χ4n) is 5.43. The van der Waals surface area contributed by atoms with Crippen LogP contribution in [0.5, 0.6) is 5.75 Å². The average molecular weight is 477 g/mol. The van der Waals surface area contributed by atoms with Gasteiger partial charge in [0.2, 0.25) is 0 Å². The summed E-state index contributed by atoms with van der Waals surface area (Å²) in [6.45, 7) is 8.23. The van der Waals surface area contributed by atoms with E-state index in [4.69, 9.17) is 14.2 Å². The van der Waals surface area contributed by atoms with E-state index in [0.29, 0.717) is 12.5 Å². The van der Waals surface area contributed by atoms with Gasteiger partial charge in [0.05, 0.1) is 23.8 Å². The maximum atomic E-state index is 14.4. The van der Waals surface area contributed by atoms with Gasteiger partial charge in [0, 0.05) is 17.5 Å². The molecule has 0 bridgehead atoms. The lowest BCUT2D eigenvalue weighted by molar-refractivity contribution is 0.220. The van der Waals surface area contributed by atoms with Gasteiger partial charge in [-0.05, 0) is 88.6 Å². The van der Waals surface area contributed by atoms with Crippen molar-refractivity contribution in [2.75, 3.05) is 27.2 Å². The molecule has 184 valence electrons. The van der Waals surface area contributed by atoms with Crippen LogP contribution in [-0.2, 0) is 6.42 Å². The van der Waals surface area contributed by atoms with E-state index in [1.54, 1.807) is 12.1 Å². The maximum Gasteiger partial charge on any atom is 0.165 e. The number of imidazole rings is 1. The van der Waals surface area contributed by atoms with Gasteiger partial charge in [-0.25, -0.2) is 9.37 Å². The van der Waals surface area contributed by atoms with E-state index >= 15 is 0 Å². The Morgan fingerprint density at radius 3 is 2.57 bits per heavy atom. The number of nitrogens with zero attached hydrogens (tertiary/aromatic N) is 4. The summed E-state index contributed by atoms with van der Waals surface area (Å²) in [5.41, 5.74) is 6.05. The molecule has 0 aliphatic carbocycles. The maximum absolute atomic E-state index is 14.4. The van der Waals surface area contributed by atoms with Gasteiger partial charge < -0.3 is 18.7 Å². The lowest BCUT2D eigenvalue weighted by Gasteiger charge is -2.32. The Labute approximate surface area is 205 Å². The minimum atomic E-state index is -0.329. The zero-order valence-electron chi connectivity index (χ0n) is 21.1. The second kappa shape index (κ2) is 9.46. The number of hydrogen-bond acceptors (Lipinski definition) is 5. The number of aryl methyl sites for hydroxylation is 2. The Kier molecular flexibility index (Phi) is 6.36. The van der Waals surface area contributed by atoms with Gasteiger partial charge in [-0.2, -0.15) is 0 Å². The molecule has 1 aliphatic heterocycles. The molecule has 3 heterocycles. The highest BCUT2D eigenvalue weighted by atomic mass is 19.1. The summed E-state index contributed by atoms with van der Waals surface area (Å²) in [4.78, 5) is 7.55. The average Bonchev–Trinajstić information content (AvgIpc) is 3.39. The smallest absolute Gasteiger partial charge is 0.165 e. The lowest BCUT2D eigenvalue weighted by Crippen LogP contribution is -2.32. The fourth-order valence-corrected chi connectivity index (χ4v) is 5.43. The van der Waals surface area contributed by atoms with Crippen molar-refractivity contribution in [3.63, 3.8) is 0 Å². The zero-order valence-corrected chi connectivity index (χ0v) is 21.1. The molecule has 2 aromatic heterocycles. The Bertz CT molecular complexity index is 1330. The summed E-state index contributed by atoms with van der Waals surface area (Å²) < 4.78 is 27.3. The van der Waals surface area contributed by atoms with Crippen LogP contribution in [0, 0.1) is 19.7 Å². The fraction of sp³-hybridized carbons (Fsp3) is 0.429. The van der Waals surface area contributed by atoms with Crippen molar-refractivity contribution >= 4 is 11.0 Å². The molecule has 2 aromatic carbocycles. The second-order valence-electron chi connectivity index (χ2n) is 9.85. The minimum absolute atomic E-state index is 0.123. The molecule has 0 N–H and O–H groups in total. The van der Waals surface area contributed by atoms with E-state index in [0.717, 1.165) is 70.9 Å². The number of benzene rings is 2. The highest BCUT2D eigenvalue weighted by Crippen LogP contribution is 2.36. The number of hydrogen-bond donors (Lipinski definition) is 0. The first-order valence-corrected chi connectivity index (χ1v) is 12.3. The molecule has 5 rings (SSSR count). The second-order valence-corrected chi connectivity index (χ2v) is 9.85. The first-order valence-electron chi connectivity index (χ1n) is 12.3. The number of likely N-dealkylation sites (tertiary alicyclic amines) is 1. The molecule has 7 heteroatoms. The standard InChI is InChI=1S/C28H33FN4O2/c1-17(14-20-6-9-26(34-5)23(29)15-20)28-30-24-16-21(27-18(2)31-35-19(27)3)7-8-25(24)33(28)22-10-12-32(4)13-11-22/h6-9,15-17,22H,10-14H2,1-5H3. The van der Waals surface area contributed by atoms with Gasteiger partial charge in [0.1, 0.15) is 11.6 Å². The van der Waals surface area contributed by atoms with Crippen molar-refractivity contribution in [2.45, 2.75) is 52.0 Å². The molecule has 4 aromatic rings. The highest BCUT2D eigenvalue weighted by Gasteiger charge is 2.26. The van der Waals surface area contributed by atoms with E-state index < -0.39 is 0 Å². The van der Waals surface area contributed by atoms with Crippen LogP contribution < -0.4 is 4.74 Å². The molecule has 0 saturated carbocycles. The molecule has 0 spiro atoms. The van der Waals surface area contributed by atoms with Crippen LogP contribution in [0.15, 0.2) is 40.9 Å². The van der Waals surface area contributed by atoms with Crippen LogP contribution in [0.3, 0.4) is 0 Å². The number of ether oxygens (including phenoxy) is 1. The molecule has 6 nitrogen and oxygen atoms in total.